The third-order valence-electron chi connectivity index (χ3n) is 5.49. The van der Waals surface area contributed by atoms with Crippen LogP contribution >= 0.6 is 0 Å². The predicted octanol–water partition coefficient (Wildman–Crippen LogP) is 5.72. The Bertz CT molecular complexity index is 1140. The first-order valence-electron chi connectivity index (χ1n) is 10.5. The molecular formula is C24H29N5. The zero-order valence-electron chi connectivity index (χ0n) is 17.5. The van der Waals surface area contributed by atoms with Crippen molar-refractivity contribution in [1.82, 2.24) is 24.9 Å². The molecule has 5 nitrogen and oxygen atoms in total. The van der Waals surface area contributed by atoms with Gasteiger partial charge in [0.05, 0.1) is 11.7 Å². The van der Waals surface area contributed by atoms with Crippen molar-refractivity contribution < 1.29 is 0 Å². The largest absolute Gasteiger partial charge is 0.382 e. The topological polar surface area (TPSA) is 58.0 Å². The van der Waals surface area contributed by atoms with Crippen LogP contribution in [0.5, 0.6) is 0 Å². The molecule has 0 radical (unpaired) electrons. The van der Waals surface area contributed by atoms with Gasteiger partial charge in [-0.05, 0) is 49.6 Å². The quantitative estimate of drug-likeness (QED) is 0.407. The number of pyridine rings is 2. The Kier molecular flexibility index (Phi) is 5.38. The van der Waals surface area contributed by atoms with E-state index in [1.165, 1.54) is 0 Å². The van der Waals surface area contributed by atoms with E-state index >= 15 is 0 Å². The SMILES string of the molecule is C=C(NC(CCC)CCC)c1cnn2ccc(-c3c[nH]c4nc(C)ccc34)cc12. The first kappa shape index (κ1) is 19.2. The maximum absolute atomic E-state index is 4.59. The average Bonchev–Trinajstić information content (AvgIpc) is 3.31. The van der Waals surface area contributed by atoms with E-state index in [0.29, 0.717) is 6.04 Å². The van der Waals surface area contributed by atoms with Crippen LogP contribution in [0.4, 0.5) is 0 Å². The van der Waals surface area contributed by atoms with Crippen molar-refractivity contribution in [1.29, 1.82) is 0 Å². The number of aryl methyl sites for hydroxylation is 1. The van der Waals surface area contributed by atoms with Crippen LogP contribution < -0.4 is 5.32 Å². The highest BCUT2D eigenvalue weighted by atomic mass is 15.2. The summed E-state index contributed by atoms with van der Waals surface area (Å²) >= 11 is 0. The van der Waals surface area contributed by atoms with Gasteiger partial charge < -0.3 is 10.3 Å². The Morgan fingerprint density at radius 3 is 2.76 bits per heavy atom. The molecule has 0 aliphatic heterocycles. The van der Waals surface area contributed by atoms with E-state index in [1.54, 1.807) is 0 Å². The fourth-order valence-corrected chi connectivity index (χ4v) is 4.03. The van der Waals surface area contributed by atoms with Gasteiger partial charge in [-0.3, -0.25) is 0 Å². The standard InChI is InChI=1S/C24H29N5/c1-5-7-19(8-6-2)28-17(4)21-15-26-29-12-11-18(13-23(21)29)22-14-25-24-20(22)10-9-16(3)27-24/h9-15,19,28H,4-8H2,1-3H3,(H,25,27). The van der Waals surface area contributed by atoms with Crippen LogP contribution in [-0.2, 0) is 0 Å². The van der Waals surface area contributed by atoms with Gasteiger partial charge in [0.1, 0.15) is 5.65 Å². The lowest BCUT2D eigenvalue weighted by Gasteiger charge is -2.20. The second kappa shape index (κ2) is 8.11. The number of nitrogens with zero attached hydrogens (tertiary/aromatic N) is 3. The van der Waals surface area contributed by atoms with Crippen LogP contribution in [-0.4, -0.2) is 25.6 Å². The van der Waals surface area contributed by atoms with Crippen LogP contribution in [0.1, 0.15) is 50.8 Å². The Labute approximate surface area is 171 Å². The summed E-state index contributed by atoms with van der Waals surface area (Å²) < 4.78 is 1.91. The van der Waals surface area contributed by atoms with Crippen molar-refractivity contribution in [3.05, 3.63) is 60.7 Å². The van der Waals surface area contributed by atoms with Gasteiger partial charge in [-0.2, -0.15) is 5.10 Å². The van der Waals surface area contributed by atoms with E-state index in [-0.39, 0.29) is 0 Å². The molecule has 0 bridgehead atoms. The van der Waals surface area contributed by atoms with Crippen LogP contribution in [0, 0.1) is 6.92 Å². The van der Waals surface area contributed by atoms with E-state index in [0.717, 1.165) is 70.3 Å². The molecule has 29 heavy (non-hydrogen) atoms. The Morgan fingerprint density at radius 2 is 2.00 bits per heavy atom. The molecule has 4 aromatic rings. The molecule has 5 heteroatoms. The zero-order valence-corrected chi connectivity index (χ0v) is 17.5. The minimum absolute atomic E-state index is 0.457. The van der Waals surface area contributed by atoms with Gasteiger partial charge in [0, 0.05) is 46.3 Å². The molecule has 0 fully saturated rings. The van der Waals surface area contributed by atoms with E-state index in [2.05, 4.69) is 65.1 Å². The van der Waals surface area contributed by atoms with E-state index in [9.17, 15) is 0 Å². The summed E-state index contributed by atoms with van der Waals surface area (Å²) in [6, 6.07) is 8.92. The fraction of sp³-hybridized carbons (Fsp3) is 0.333. The van der Waals surface area contributed by atoms with Crippen molar-refractivity contribution >= 4 is 22.2 Å². The maximum atomic E-state index is 4.59. The summed E-state index contributed by atoms with van der Waals surface area (Å²) in [7, 11) is 0. The summed E-state index contributed by atoms with van der Waals surface area (Å²) in [5, 5.41) is 9.30. The number of fused-ring (bicyclic) bond motifs is 2. The third kappa shape index (κ3) is 3.77. The smallest absolute Gasteiger partial charge is 0.138 e. The molecule has 0 spiro atoms. The predicted molar refractivity (Wildman–Crippen MR) is 121 cm³/mol. The number of aromatic nitrogens is 4. The third-order valence-corrected chi connectivity index (χ3v) is 5.49. The number of hydrogen-bond acceptors (Lipinski definition) is 3. The van der Waals surface area contributed by atoms with Gasteiger partial charge in [-0.15, -0.1) is 0 Å². The van der Waals surface area contributed by atoms with Crippen molar-refractivity contribution in [3.8, 4) is 11.1 Å². The number of aromatic amines is 1. The van der Waals surface area contributed by atoms with Gasteiger partial charge in [-0.1, -0.05) is 33.3 Å². The fourth-order valence-electron chi connectivity index (χ4n) is 4.03. The zero-order chi connectivity index (χ0) is 20.4. The Balaban J connectivity index is 1.70. The first-order valence-corrected chi connectivity index (χ1v) is 10.5. The molecule has 0 aliphatic rings. The molecule has 2 N–H and O–H groups in total. The van der Waals surface area contributed by atoms with E-state index in [1.807, 2.05) is 30.0 Å². The molecule has 0 saturated carbocycles. The highest BCUT2D eigenvalue weighted by Crippen LogP contribution is 2.30. The average molecular weight is 388 g/mol. The number of nitrogens with one attached hydrogen (secondary N) is 2. The van der Waals surface area contributed by atoms with Gasteiger partial charge in [0.15, 0.2) is 0 Å². The number of hydrogen-bond donors (Lipinski definition) is 2. The summed E-state index contributed by atoms with van der Waals surface area (Å²) in [4.78, 5) is 7.89. The second-order valence-corrected chi connectivity index (χ2v) is 7.75. The second-order valence-electron chi connectivity index (χ2n) is 7.75. The summed E-state index contributed by atoms with van der Waals surface area (Å²) in [5.41, 5.74) is 7.27. The van der Waals surface area contributed by atoms with Crippen LogP contribution in [0.3, 0.4) is 0 Å². The van der Waals surface area contributed by atoms with Crippen LogP contribution in [0.25, 0.3) is 33.4 Å². The van der Waals surface area contributed by atoms with Crippen molar-refractivity contribution in [3.63, 3.8) is 0 Å². The van der Waals surface area contributed by atoms with Crippen LogP contribution in [0.2, 0.25) is 0 Å². The summed E-state index contributed by atoms with van der Waals surface area (Å²) in [6.07, 6.45) is 10.6. The van der Waals surface area contributed by atoms with Gasteiger partial charge >= 0.3 is 0 Å². The van der Waals surface area contributed by atoms with E-state index < -0.39 is 0 Å². The molecule has 0 amide bonds. The van der Waals surface area contributed by atoms with Crippen molar-refractivity contribution in [2.24, 2.45) is 0 Å². The van der Waals surface area contributed by atoms with E-state index in [4.69, 9.17) is 0 Å². The normalized spacial score (nSPS) is 11.6. The lowest BCUT2D eigenvalue weighted by Crippen LogP contribution is -2.27. The van der Waals surface area contributed by atoms with Gasteiger partial charge in [0.25, 0.3) is 0 Å². The van der Waals surface area contributed by atoms with Crippen molar-refractivity contribution in [2.45, 2.75) is 52.5 Å². The molecule has 0 aromatic carbocycles. The van der Waals surface area contributed by atoms with Crippen molar-refractivity contribution in [2.75, 3.05) is 0 Å². The summed E-state index contributed by atoms with van der Waals surface area (Å²) in [6.45, 7) is 10.8. The molecule has 150 valence electrons. The lowest BCUT2D eigenvalue weighted by molar-refractivity contribution is 0.502. The maximum Gasteiger partial charge on any atom is 0.138 e. The van der Waals surface area contributed by atoms with Gasteiger partial charge in [0.2, 0.25) is 0 Å². The molecule has 4 rings (SSSR count). The van der Waals surface area contributed by atoms with Crippen LogP contribution in [0.15, 0.2) is 49.4 Å². The van der Waals surface area contributed by atoms with Gasteiger partial charge in [-0.25, -0.2) is 9.50 Å². The first-order chi connectivity index (χ1) is 14.1. The minimum atomic E-state index is 0.457. The number of H-pyrrole nitrogens is 1. The number of rotatable bonds is 8. The molecule has 0 aliphatic carbocycles. The lowest BCUT2D eigenvalue weighted by atomic mass is 10.0. The molecule has 0 atom stereocenters. The molecule has 0 saturated heterocycles. The minimum Gasteiger partial charge on any atom is -0.382 e. The molecular weight excluding hydrogens is 358 g/mol. The Hall–Kier alpha value is -3.08. The molecule has 4 aromatic heterocycles. The highest BCUT2D eigenvalue weighted by Gasteiger charge is 2.14. The molecule has 0 unspecified atom stereocenters. The monoisotopic (exact) mass is 387 g/mol. The summed E-state index contributed by atoms with van der Waals surface area (Å²) in [5.74, 6) is 0. The molecule has 4 heterocycles. The highest BCUT2D eigenvalue weighted by molar-refractivity contribution is 5.94. The Morgan fingerprint density at radius 1 is 1.21 bits per heavy atom.